The van der Waals surface area contributed by atoms with Gasteiger partial charge in [0, 0.05) is 5.69 Å². The Morgan fingerprint density at radius 1 is 1.14 bits per heavy atom. The summed E-state index contributed by atoms with van der Waals surface area (Å²) in [7, 11) is 0. The van der Waals surface area contributed by atoms with E-state index in [0.29, 0.717) is 5.69 Å². The van der Waals surface area contributed by atoms with Crippen molar-refractivity contribution in [2.75, 3.05) is 10.6 Å². The summed E-state index contributed by atoms with van der Waals surface area (Å²) < 4.78 is 14.6. The van der Waals surface area contributed by atoms with Gasteiger partial charge in [-0.25, -0.2) is 13.9 Å². The maximum Gasteiger partial charge on any atom is 0.352 e. The molecule has 0 radical (unpaired) electrons. The molecular weight excluding hydrogens is 375 g/mol. The van der Waals surface area contributed by atoms with Gasteiger partial charge in [0.25, 0.3) is 5.91 Å². The van der Waals surface area contributed by atoms with Crippen LogP contribution in [0.1, 0.15) is 27.5 Å². The number of aliphatic carboxylic acids is 1. The topological polar surface area (TPSA) is 96.2 Å². The standard InChI is InChI=1S/C21H17FN4O3/c1-12-2-4-13(5-3-12)18-10-17(21(28)29)25-19-16(11-23-26(18)19)20(27)24-15-8-6-14(22)7-9-15/h2-11,18,25H,1H3,(H,24,27)(H,28,29)/t18-/m1/s1. The lowest BCUT2D eigenvalue weighted by Crippen LogP contribution is -2.25. The van der Waals surface area contributed by atoms with Crippen LogP contribution in [0.2, 0.25) is 0 Å². The molecule has 4 rings (SSSR count). The minimum atomic E-state index is -1.14. The van der Waals surface area contributed by atoms with Crippen LogP contribution in [0.4, 0.5) is 15.9 Å². The van der Waals surface area contributed by atoms with Crippen molar-refractivity contribution in [3.63, 3.8) is 0 Å². The molecule has 0 saturated carbocycles. The van der Waals surface area contributed by atoms with Crippen molar-refractivity contribution in [1.82, 2.24) is 9.78 Å². The van der Waals surface area contributed by atoms with Crippen LogP contribution in [0, 0.1) is 12.7 Å². The molecule has 146 valence electrons. The van der Waals surface area contributed by atoms with Crippen molar-refractivity contribution < 1.29 is 19.1 Å². The average molecular weight is 392 g/mol. The number of benzene rings is 2. The number of carboxylic acid groups (broad SMARTS) is 1. The summed E-state index contributed by atoms with van der Waals surface area (Å²) in [5, 5.41) is 19.2. The smallest absolute Gasteiger partial charge is 0.352 e. The number of aromatic nitrogens is 2. The fourth-order valence-electron chi connectivity index (χ4n) is 3.12. The van der Waals surface area contributed by atoms with E-state index in [-0.39, 0.29) is 17.1 Å². The van der Waals surface area contributed by atoms with Crippen LogP contribution in [-0.2, 0) is 4.79 Å². The molecule has 1 aromatic heterocycles. The third-order valence-corrected chi connectivity index (χ3v) is 4.63. The van der Waals surface area contributed by atoms with Gasteiger partial charge in [-0.2, -0.15) is 5.10 Å². The Hall–Kier alpha value is -3.94. The number of carboxylic acids is 1. The Morgan fingerprint density at radius 3 is 2.48 bits per heavy atom. The summed E-state index contributed by atoms with van der Waals surface area (Å²) in [4.78, 5) is 24.4. The second-order valence-electron chi connectivity index (χ2n) is 6.68. The minimum Gasteiger partial charge on any atom is -0.477 e. The molecular formula is C21H17FN4O3. The van der Waals surface area contributed by atoms with Gasteiger partial charge in [0.15, 0.2) is 0 Å². The van der Waals surface area contributed by atoms with Gasteiger partial charge < -0.3 is 15.7 Å². The summed E-state index contributed by atoms with van der Waals surface area (Å²) in [5.74, 6) is -1.76. The third-order valence-electron chi connectivity index (χ3n) is 4.63. The third kappa shape index (κ3) is 3.60. The summed E-state index contributed by atoms with van der Waals surface area (Å²) in [5.41, 5.74) is 2.46. The summed E-state index contributed by atoms with van der Waals surface area (Å²) in [6, 6.07) is 12.5. The van der Waals surface area contributed by atoms with Crippen LogP contribution in [0.25, 0.3) is 0 Å². The van der Waals surface area contributed by atoms with E-state index in [1.807, 2.05) is 31.2 Å². The molecule has 2 aromatic carbocycles. The fourth-order valence-corrected chi connectivity index (χ4v) is 3.12. The zero-order valence-corrected chi connectivity index (χ0v) is 15.4. The van der Waals surface area contributed by atoms with E-state index in [9.17, 15) is 19.1 Å². The highest BCUT2D eigenvalue weighted by Crippen LogP contribution is 2.32. The number of rotatable bonds is 4. The molecule has 0 saturated heterocycles. The maximum absolute atomic E-state index is 13.1. The number of carbonyl (C=O) groups is 2. The maximum atomic E-state index is 13.1. The monoisotopic (exact) mass is 392 g/mol. The van der Waals surface area contributed by atoms with Crippen molar-refractivity contribution in [2.45, 2.75) is 13.0 Å². The van der Waals surface area contributed by atoms with E-state index in [1.54, 1.807) is 10.8 Å². The van der Waals surface area contributed by atoms with E-state index < -0.39 is 23.7 Å². The fraction of sp³-hybridized carbons (Fsp3) is 0.0952. The summed E-state index contributed by atoms with van der Waals surface area (Å²) in [6.45, 7) is 1.96. The number of carbonyl (C=O) groups excluding carboxylic acids is 1. The number of nitrogens with one attached hydrogen (secondary N) is 2. The van der Waals surface area contributed by atoms with Gasteiger partial charge in [0.1, 0.15) is 22.9 Å². The first kappa shape index (κ1) is 18.4. The number of hydrogen-bond acceptors (Lipinski definition) is 4. The zero-order chi connectivity index (χ0) is 20.5. The first-order chi connectivity index (χ1) is 13.9. The Bertz CT molecular complexity index is 1120. The van der Waals surface area contributed by atoms with Gasteiger partial charge in [-0.15, -0.1) is 0 Å². The van der Waals surface area contributed by atoms with Crippen LogP contribution in [0.15, 0.2) is 66.5 Å². The number of amides is 1. The number of fused-ring (bicyclic) bond motifs is 1. The van der Waals surface area contributed by atoms with E-state index in [2.05, 4.69) is 15.7 Å². The first-order valence-corrected chi connectivity index (χ1v) is 8.85. The number of nitrogens with zero attached hydrogens (tertiary/aromatic N) is 2. The van der Waals surface area contributed by atoms with Crippen molar-refractivity contribution in [1.29, 1.82) is 0 Å². The summed E-state index contributed by atoms with van der Waals surface area (Å²) >= 11 is 0. The highest BCUT2D eigenvalue weighted by Gasteiger charge is 2.29. The zero-order valence-electron chi connectivity index (χ0n) is 15.4. The Labute approximate surface area is 165 Å². The van der Waals surface area contributed by atoms with Gasteiger partial charge >= 0.3 is 5.97 Å². The van der Waals surface area contributed by atoms with Gasteiger partial charge in [0.2, 0.25) is 0 Å². The molecule has 1 aliphatic rings. The number of hydrogen-bond donors (Lipinski definition) is 3. The Balaban J connectivity index is 1.70. The largest absolute Gasteiger partial charge is 0.477 e. The van der Waals surface area contributed by atoms with E-state index in [4.69, 9.17) is 0 Å². The molecule has 3 N–H and O–H groups in total. The molecule has 1 aliphatic heterocycles. The molecule has 1 amide bonds. The number of allylic oxidation sites excluding steroid dienone is 1. The minimum absolute atomic E-state index is 0.0422. The molecule has 29 heavy (non-hydrogen) atoms. The number of halogens is 1. The van der Waals surface area contributed by atoms with E-state index in [0.717, 1.165) is 11.1 Å². The molecule has 2 heterocycles. The number of anilines is 2. The first-order valence-electron chi connectivity index (χ1n) is 8.85. The lowest BCUT2D eigenvalue weighted by Gasteiger charge is -2.24. The van der Waals surface area contributed by atoms with Crippen molar-refractivity contribution in [3.05, 3.63) is 89.0 Å². The number of aryl methyl sites for hydroxylation is 1. The quantitative estimate of drug-likeness (QED) is 0.631. The molecule has 8 heteroatoms. The van der Waals surface area contributed by atoms with Crippen molar-refractivity contribution in [2.24, 2.45) is 0 Å². The predicted octanol–water partition coefficient (Wildman–Crippen LogP) is 3.57. The van der Waals surface area contributed by atoms with Gasteiger partial charge in [-0.1, -0.05) is 29.8 Å². The van der Waals surface area contributed by atoms with Crippen LogP contribution in [0.5, 0.6) is 0 Å². The lowest BCUT2D eigenvalue weighted by atomic mass is 10.0. The van der Waals surface area contributed by atoms with Crippen LogP contribution >= 0.6 is 0 Å². The van der Waals surface area contributed by atoms with Gasteiger partial charge in [-0.05, 0) is 42.8 Å². The van der Waals surface area contributed by atoms with Crippen LogP contribution < -0.4 is 10.6 Å². The summed E-state index contributed by atoms with van der Waals surface area (Å²) in [6.07, 6.45) is 2.93. The Morgan fingerprint density at radius 2 is 1.83 bits per heavy atom. The molecule has 0 spiro atoms. The second kappa shape index (κ2) is 7.23. The Kier molecular flexibility index (Phi) is 4.59. The van der Waals surface area contributed by atoms with E-state index in [1.165, 1.54) is 30.5 Å². The van der Waals surface area contributed by atoms with Crippen molar-refractivity contribution in [3.8, 4) is 0 Å². The highest BCUT2D eigenvalue weighted by molar-refractivity contribution is 6.08. The molecule has 7 nitrogen and oxygen atoms in total. The van der Waals surface area contributed by atoms with Crippen LogP contribution in [-0.4, -0.2) is 26.8 Å². The highest BCUT2D eigenvalue weighted by atomic mass is 19.1. The molecule has 0 bridgehead atoms. The van der Waals surface area contributed by atoms with Crippen LogP contribution in [0.3, 0.4) is 0 Å². The predicted molar refractivity (Wildman–Crippen MR) is 105 cm³/mol. The molecule has 0 unspecified atom stereocenters. The van der Waals surface area contributed by atoms with Crippen molar-refractivity contribution >= 4 is 23.4 Å². The lowest BCUT2D eigenvalue weighted by molar-refractivity contribution is -0.132. The normalized spacial score (nSPS) is 15.1. The molecule has 0 aliphatic carbocycles. The van der Waals surface area contributed by atoms with Gasteiger partial charge in [-0.3, -0.25) is 4.79 Å². The van der Waals surface area contributed by atoms with Gasteiger partial charge in [0.05, 0.1) is 12.2 Å². The SMILES string of the molecule is Cc1ccc([C@H]2C=C(C(=O)O)Nc3c(C(=O)Nc4ccc(F)cc4)cnn32)cc1. The molecule has 0 fully saturated rings. The van der Waals surface area contributed by atoms with E-state index >= 15 is 0 Å². The second-order valence-corrected chi connectivity index (χ2v) is 6.68. The molecule has 1 atom stereocenters. The average Bonchev–Trinajstić information content (AvgIpc) is 3.14. The molecule has 3 aromatic rings.